The molecule has 19 heavy (non-hydrogen) atoms. The van der Waals surface area contributed by atoms with E-state index in [-0.39, 0.29) is 18.1 Å². The lowest BCUT2D eigenvalue weighted by molar-refractivity contribution is -0.211. The van der Waals surface area contributed by atoms with Gasteiger partial charge in [-0.15, -0.1) is 0 Å². The second-order valence-electron chi connectivity index (χ2n) is 3.71. The summed E-state index contributed by atoms with van der Waals surface area (Å²) >= 11 is 0. The number of methoxy groups -OCH3 is 1. The Kier molecular flexibility index (Phi) is 4.76. The monoisotopic (exact) mass is 282 g/mol. The van der Waals surface area contributed by atoms with Crippen LogP contribution in [0.1, 0.15) is 23.9 Å². The molecule has 0 saturated heterocycles. The Bertz CT molecular complexity index is 433. The van der Waals surface area contributed by atoms with E-state index >= 15 is 0 Å². The van der Waals surface area contributed by atoms with Crippen molar-refractivity contribution in [1.82, 2.24) is 10.5 Å². The average molecular weight is 282 g/mol. The number of aliphatic hydroxyl groups is 1. The molecule has 0 aliphatic rings. The number of carbonyl (C=O) groups is 1. The SMILES string of the molecule is CCC(NC(=O)c1cc(OC)no1)C(O)C(F)(F)F. The first kappa shape index (κ1) is 15.3. The summed E-state index contributed by atoms with van der Waals surface area (Å²) in [5.41, 5.74) is 0. The van der Waals surface area contributed by atoms with Crippen molar-refractivity contribution < 1.29 is 32.3 Å². The topological polar surface area (TPSA) is 84.6 Å². The lowest BCUT2D eigenvalue weighted by atomic mass is 10.1. The largest absolute Gasteiger partial charge is 0.479 e. The summed E-state index contributed by atoms with van der Waals surface area (Å²) in [6.45, 7) is 1.40. The molecule has 0 spiro atoms. The highest BCUT2D eigenvalue weighted by Crippen LogP contribution is 2.24. The number of rotatable bonds is 5. The molecule has 0 aliphatic carbocycles. The molecule has 0 aromatic carbocycles. The van der Waals surface area contributed by atoms with Gasteiger partial charge in [0.05, 0.1) is 19.2 Å². The van der Waals surface area contributed by atoms with Crippen molar-refractivity contribution in [2.24, 2.45) is 0 Å². The quantitative estimate of drug-likeness (QED) is 0.845. The van der Waals surface area contributed by atoms with E-state index in [0.717, 1.165) is 6.07 Å². The van der Waals surface area contributed by atoms with E-state index in [0.29, 0.717) is 0 Å². The number of nitrogens with one attached hydrogen (secondary N) is 1. The Morgan fingerprint density at radius 1 is 1.63 bits per heavy atom. The van der Waals surface area contributed by atoms with Crippen LogP contribution in [-0.4, -0.2) is 41.6 Å². The first-order chi connectivity index (χ1) is 8.79. The Hall–Kier alpha value is -1.77. The molecule has 1 rings (SSSR count). The van der Waals surface area contributed by atoms with Crippen LogP contribution in [0.5, 0.6) is 5.88 Å². The highest BCUT2D eigenvalue weighted by atomic mass is 19.4. The van der Waals surface area contributed by atoms with Crippen molar-refractivity contribution in [1.29, 1.82) is 0 Å². The fourth-order valence-corrected chi connectivity index (χ4v) is 1.33. The minimum Gasteiger partial charge on any atom is -0.479 e. The van der Waals surface area contributed by atoms with Crippen molar-refractivity contribution in [3.8, 4) is 5.88 Å². The smallest absolute Gasteiger partial charge is 0.416 e. The molecular weight excluding hydrogens is 269 g/mol. The molecule has 2 atom stereocenters. The van der Waals surface area contributed by atoms with Crippen LogP contribution in [0, 0.1) is 0 Å². The van der Waals surface area contributed by atoms with Gasteiger partial charge < -0.3 is 19.7 Å². The van der Waals surface area contributed by atoms with Gasteiger partial charge in [0.2, 0.25) is 5.76 Å². The van der Waals surface area contributed by atoms with Crippen molar-refractivity contribution >= 4 is 5.91 Å². The lowest BCUT2D eigenvalue weighted by Crippen LogP contribution is -2.49. The maximum atomic E-state index is 12.3. The maximum absolute atomic E-state index is 12.3. The molecule has 1 amide bonds. The number of hydrogen-bond acceptors (Lipinski definition) is 5. The predicted molar refractivity (Wildman–Crippen MR) is 56.7 cm³/mol. The van der Waals surface area contributed by atoms with E-state index in [1.165, 1.54) is 14.0 Å². The maximum Gasteiger partial charge on any atom is 0.416 e. The van der Waals surface area contributed by atoms with Crippen LogP contribution in [0.3, 0.4) is 0 Å². The second-order valence-corrected chi connectivity index (χ2v) is 3.71. The summed E-state index contributed by atoms with van der Waals surface area (Å²) in [4.78, 5) is 11.6. The molecule has 2 N–H and O–H groups in total. The third-order valence-corrected chi connectivity index (χ3v) is 2.39. The van der Waals surface area contributed by atoms with Gasteiger partial charge in [-0.1, -0.05) is 6.92 Å². The van der Waals surface area contributed by atoms with Gasteiger partial charge in [-0.3, -0.25) is 4.79 Å². The van der Waals surface area contributed by atoms with E-state index in [4.69, 9.17) is 5.11 Å². The van der Waals surface area contributed by atoms with Crippen molar-refractivity contribution in [2.45, 2.75) is 31.7 Å². The van der Waals surface area contributed by atoms with Gasteiger partial charge in [0.25, 0.3) is 11.8 Å². The molecule has 0 radical (unpaired) electrons. The van der Waals surface area contributed by atoms with E-state index < -0.39 is 24.2 Å². The van der Waals surface area contributed by atoms with Crippen LogP contribution in [-0.2, 0) is 0 Å². The Morgan fingerprint density at radius 3 is 2.68 bits per heavy atom. The lowest BCUT2D eigenvalue weighted by Gasteiger charge is -2.24. The summed E-state index contributed by atoms with van der Waals surface area (Å²) in [5.74, 6) is -1.19. The third-order valence-electron chi connectivity index (χ3n) is 2.39. The number of amides is 1. The van der Waals surface area contributed by atoms with Gasteiger partial charge in [0.1, 0.15) is 0 Å². The molecule has 0 aliphatic heterocycles. The van der Waals surface area contributed by atoms with Gasteiger partial charge >= 0.3 is 6.18 Å². The summed E-state index contributed by atoms with van der Waals surface area (Å²) in [7, 11) is 1.29. The van der Waals surface area contributed by atoms with Crippen molar-refractivity contribution in [3.63, 3.8) is 0 Å². The number of hydrogen-bond donors (Lipinski definition) is 2. The van der Waals surface area contributed by atoms with Crippen molar-refractivity contribution in [2.75, 3.05) is 7.11 Å². The standard InChI is InChI=1S/C10H13F3N2O4/c1-3-5(8(16)10(11,12)13)14-9(17)6-4-7(18-2)15-19-6/h4-5,8,16H,3H2,1-2H3,(H,14,17). The Balaban J connectivity index is 2.73. The molecule has 1 aromatic heterocycles. The molecule has 2 unspecified atom stereocenters. The van der Waals surface area contributed by atoms with Gasteiger partial charge in [0.15, 0.2) is 6.10 Å². The second kappa shape index (κ2) is 5.91. The number of ether oxygens (including phenoxy) is 1. The molecular formula is C10H13F3N2O4. The molecule has 9 heteroatoms. The normalized spacial score (nSPS) is 14.8. The molecule has 1 aromatic rings. The van der Waals surface area contributed by atoms with Crippen LogP contribution in [0.15, 0.2) is 10.6 Å². The van der Waals surface area contributed by atoms with Gasteiger partial charge in [-0.05, 0) is 11.6 Å². The molecule has 108 valence electrons. The first-order valence-electron chi connectivity index (χ1n) is 5.36. The summed E-state index contributed by atoms with van der Waals surface area (Å²) in [6.07, 6.45) is -7.56. The summed E-state index contributed by atoms with van der Waals surface area (Å²) < 4.78 is 46.3. The zero-order chi connectivity index (χ0) is 14.6. The first-order valence-corrected chi connectivity index (χ1v) is 5.36. The van der Waals surface area contributed by atoms with Crippen LogP contribution in [0.2, 0.25) is 0 Å². The predicted octanol–water partition coefficient (Wildman–Crippen LogP) is 1.11. The molecule has 0 bridgehead atoms. The fourth-order valence-electron chi connectivity index (χ4n) is 1.33. The van der Waals surface area contributed by atoms with E-state index in [9.17, 15) is 18.0 Å². The minimum atomic E-state index is -4.81. The fraction of sp³-hybridized carbons (Fsp3) is 0.600. The van der Waals surface area contributed by atoms with Crippen LogP contribution >= 0.6 is 0 Å². The van der Waals surface area contributed by atoms with Crippen molar-refractivity contribution in [3.05, 3.63) is 11.8 Å². The third kappa shape index (κ3) is 3.85. The number of aromatic nitrogens is 1. The summed E-state index contributed by atoms with van der Waals surface area (Å²) in [6, 6.07) is -0.342. The number of alkyl halides is 3. The molecule has 6 nitrogen and oxygen atoms in total. The van der Waals surface area contributed by atoms with E-state index in [1.54, 1.807) is 0 Å². The van der Waals surface area contributed by atoms with Crippen LogP contribution < -0.4 is 10.1 Å². The number of nitrogens with zero attached hydrogens (tertiary/aromatic N) is 1. The van der Waals surface area contributed by atoms with Crippen LogP contribution in [0.4, 0.5) is 13.2 Å². The van der Waals surface area contributed by atoms with Gasteiger partial charge in [-0.2, -0.15) is 13.2 Å². The average Bonchev–Trinajstić information content (AvgIpc) is 2.82. The zero-order valence-electron chi connectivity index (χ0n) is 10.2. The molecule has 0 fully saturated rings. The van der Waals surface area contributed by atoms with Gasteiger partial charge in [-0.25, -0.2) is 0 Å². The van der Waals surface area contributed by atoms with Gasteiger partial charge in [0, 0.05) is 0 Å². The number of carbonyl (C=O) groups excluding carboxylic acids is 1. The molecule has 0 saturated carbocycles. The summed E-state index contributed by atoms with van der Waals surface area (Å²) in [5, 5.41) is 14.5. The highest BCUT2D eigenvalue weighted by Gasteiger charge is 2.43. The number of aliphatic hydroxyl groups excluding tert-OH is 1. The van der Waals surface area contributed by atoms with E-state index in [2.05, 4.69) is 14.4 Å². The Morgan fingerprint density at radius 2 is 2.26 bits per heavy atom. The molecule has 1 heterocycles. The minimum absolute atomic E-state index is 0.0227. The zero-order valence-corrected chi connectivity index (χ0v) is 10.2. The van der Waals surface area contributed by atoms with E-state index in [1.807, 2.05) is 5.32 Å². The highest BCUT2D eigenvalue weighted by molar-refractivity contribution is 5.91. The Labute approximate surface area is 106 Å². The van der Waals surface area contributed by atoms with Crippen LogP contribution in [0.25, 0.3) is 0 Å². The number of halogens is 3.